The van der Waals surface area contributed by atoms with E-state index in [0.717, 1.165) is 44.3 Å². The second kappa shape index (κ2) is 6.42. The van der Waals surface area contributed by atoms with Crippen LogP contribution in [0.25, 0.3) is 0 Å². The summed E-state index contributed by atoms with van der Waals surface area (Å²) in [6.07, 6.45) is 5.29. The molecular formula is C14H18O3. The smallest absolute Gasteiger partial charge is 0.184 e. The molecule has 1 aliphatic rings. The van der Waals surface area contributed by atoms with E-state index in [1.165, 1.54) is 5.56 Å². The standard InChI is InChI=1S/C14H18O3/c15-9-4-3-7-12-6-1-2-8-13(12)14-16-10-5-11-17-14/h1-2,4,6,8-9,14-15H,3,5,7,10-11H2. The number of hydrogen-bond acceptors (Lipinski definition) is 3. The van der Waals surface area contributed by atoms with E-state index in [1.54, 1.807) is 6.08 Å². The van der Waals surface area contributed by atoms with Gasteiger partial charge in [0.15, 0.2) is 6.29 Å². The molecule has 92 valence electrons. The molecular weight excluding hydrogens is 216 g/mol. The van der Waals surface area contributed by atoms with E-state index >= 15 is 0 Å². The van der Waals surface area contributed by atoms with Crippen molar-refractivity contribution >= 4 is 0 Å². The lowest BCUT2D eigenvalue weighted by molar-refractivity contribution is -0.183. The summed E-state index contributed by atoms with van der Waals surface area (Å²) < 4.78 is 11.2. The summed E-state index contributed by atoms with van der Waals surface area (Å²) in [5.74, 6) is 0. The predicted octanol–water partition coefficient (Wildman–Crippen LogP) is 3.13. The summed E-state index contributed by atoms with van der Waals surface area (Å²) in [7, 11) is 0. The van der Waals surface area contributed by atoms with Gasteiger partial charge in [0.25, 0.3) is 0 Å². The highest BCUT2D eigenvalue weighted by atomic mass is 16.7. The lowest BCUT2D eigenvalue weighted by Gasteiger charge is -2.25. The second-order valence-corrected chi connectivity index (χ2v) is 4.05. The number of hydrogen-bond donors (Lipinski definition) is 1. The number of rotatable bonds is 4. The van der Waals surface area contributed by atoms with Crippen LogP contribution in [0.1, 0.15) is 30.3 Å². The van der Waals surface area contributed by atoms with E-state index in [1.807, 2.05) is 18.2 Å². The van der Waals surface area contributed by atoms with Gasteiger partial charge in [-0.15, -0.1) is 0 Å². The largest absolute Gasteiger partial charge is 0.516 e. The van der Waals surface area contributed by atoms with Gasteiger partial charge in [0.2, 0.25) is 0 Å². The number of allylic oxidation sites excluding steroid dienone is 1. The van der Waals surface area contributed by atoms with Crippen molar-refractivity contribution in [3.05, 3.63) is 47.7 Å². The first-order valence-electron chi connectivity index (χ1n) is 6.02. The molecule has 0 radical (unpaired) electrons. The highest BCUT2D eigenvalue weighted by molar-refractivity contribution is 5.28. The summed E-state index contributed by atoms with van der Waals surface area (Å²) in [6, 6.07) is 8.15. The Morgan fingerprint density at radius 3 is 2.76 bits per heavy atom. The molecule has 0 atom stereocenters. The molecule has 1 aliphatic heterocycles. The topological polar surface area (TPSA) is 38.7 Å². The van der Waals surface area contributed by atoms with Gasteiger partial charge in [-0.2, -0.15) is 0 Å². The maximum absolute atomic E-state index is 8.63. The molecule has 0 aromatic heterocycles. The number of aliphatic hydroxyl groups excluding tert-OH is 1. The van der Waals surface area contributed by atoms with E-state index in [-0.39, 0.29) is 6.29 Å². The normalized spacial score (nSPS) is 17.6. The molecule has 0 saturated carbocycles. The van der Waals surface area contributed by atoms with Crippen LogP contribution < -0.4 is 0 Å². The van der Waals surface area contributed by atoms with Crippen molar-refractivity contribution in [1.82, 2.24) is 0 Å². The van der Waals surface area contributed by atoms with Crippen LogP contribution in [0.4, 0.5) is 0 Å². The Morgan fingerprint density at radius 2 is 2.00 bits per heavy atom. The summed E-state index contributed by atoms with van der Waals surface area (Å²) in [5.41, 5.74) is 2.33. The minimum Gasteiger partial charge on any atom is -0.516 e. The Balaban J connectivity index is 2.08. The fraction of sp³-hybridized carbons (Fsp3) is 0.429. The Morgan fingerprint density at radius 1 is 1.24 bits per heavy atom. The maximum Gasteiger partial charge on any atom is 0.184 e. The molecule has 1 saturated heterocycles. The van der Waals surface area contributed by atoms with Crippen LogP contribution in [0.15, 0.2) is 36.6 Å². The average molecular weight is 234 g/mol. The molecule has 17 heavy (non-hydrogen) atoms. The predicted molar refractivity (Wildman–Crippen MR) is 65.8 cm³/mol. The van der Waals surface area contributed by atoms with Crippen LogP contribution in [0.5, 0.6) is 0 Å². The monoisotopic (exact) mass is 234 g/mol. The van der Waals surface area contributed by atoms with Crippen molar-refractivity contribution in [2.45, 2.75) is 25.6 Å². The highest BCUT2D eigenvalue weighted by Gasteiger charge is 2.18. The second-order valence-electron chi connectivity index (χ2n) is 4.05. The van der Waals surface area contributed by atoms with Crippen molar-refractivity contribution in [2.75, 3.05) is 13.2 Å². The fourth-order valence-electron chi connectivity index (χ4n) is 1.97. The van der Waals surface area contributed by atoms with E-state index in [4.69, 9.17) is 14.6 Å². The SMILES string of the molecule is OC=CCCc1ccccc1C1OCCCO1. The molecule has 1 aromatic rings. The van der Waals surface area contributed by atoms with Crippen LogP contribution in [0, 0.1) is 0 Å². The molecule has 2 rings (SSSR count). The van der Waals surface area contributed by atoms with Crippen LogP contribution >= 0.6 is 0 Å². The molecule has 0 spiro atoms. The van der Waals surface area contributed by atoms with Crippen molar-refractivity contribution in [1.29, 1.82) is 0 Å². The Labute approximate surface area is 102 Å². The fourth-order valence-corrected chi connectivity index (χ4v) is 1.97. The Bertz CT molecular complexity index is 367. The molecule has 0 aliphatic carbocycles. The third-order valence-corrected chi connectivity index (χ3v) is 2.82. The van der Waals surface area contributed by atoms with Crippen molar-refractivity contribution in [2.24, 2.45) is 0 Å². The summed E-state index contributed by atoms with van der Waals surface area (Å²) in [4.78, 5) is 0. The third-order valence-electron chi connectivity index (χ3n) is 2.82. The lowest BCUT2D eigenvalue weighted by Crippen LogP contribution is -2.18. The summed E-state index contributed by atoms with van der Waals surface area (Å²) in [5, 5.41) is 8.63. The summed E-state index contributed by atoms with van der Waals surface area (Å²) in [6.45, 7) is 1.52. The molecule has 3 nitrogen and oxygen atoms in total. The highest BCUT2D eigenvalue weighted by Crippen LogP contribution is 2.26. The van der Waals surface area contributed by atoms with E-state index < -0.39 is 0 Å². The number of ether oxygens (including phenoxy) is 2. The van der Waals surface area contributed by atoms with E-state index in [2.05, 4.69) is 6.07 Å². The van der Waals surface area contributed by atoms with Crippen molar-refractivity contribution < 1.29 is 14.6 Å². The van der Waals surface area contributed by atoms with Gasteiger partial charge in [-0.05, 0) is 30.9 Å². The Hall–Kier alpha value is -1.32. The number of benzene rings is 1. The minimum absolute atomic E-state index is 0.224. The molecule has 1 aromatic carbocycles. The van der Waals surface area contributed by atoms with Gasteiger partial charge in [0.05, 0.1) is 19.5 Å². The summed E-state index contributed by atoms with van der Waals surface area (Å²) >= 11 is 0. The zero-order chi connectivity index (χ0) is 11.9. The van der Waals surface area contributed by atoms with Gasteiger partial charge in [-0.3, -0.25) is 0 Å². The molecule has 1 heterocycles. The lowest BCUT2D eigenvalue weighted by atomic mass is 10.0. The van der Waals surface area contributed by atoms with Crippen molar-refractivity contribution in [3.8, 4) is 0 Å². The molecule has 3 heteroatoms. The molecule has 1 N–H and O–H groups in total. The van der Waals surface area contributed by atoms with Crippen LogP contribution in [0.3, 0.4) is 0 Å². The van der Waals surface area contributed by atoms with Gasteiger partial charge >= 0.3 is 0 Å². The zero-order valence-corrected chi connectivity index (χ0v) is 9.84. The van der Waals surface area contributed by atoms with Gasteiger partial charge in [0.1, 0.15) is 0 Å². The van der Waals surface area contributed by atoms with Gasteiger partial charge in [-0.25, -0.2) is 0 Å². The minimum atomic E-state index is -0.224. The van der Waals surface area contributed by atoms with Gasteiger partial charge in [-0.1, -0.05) is 24.3 Å². The first-order chi connectivity index (χ1) is 8.42. The van der Waals surface area contributed by atoms with Crippen LogP contribution in [0.2, 0.25) is 0 Å². The van der Waals surface area contributed by atoms with E-state index in [9.17, 15) is 0 Å². The quantitative estimate of drug-likeness (QED) is 0.813. The van der Waals surface area contributed by atoms with Gasteiger partial charge < -0.3 is 14.6 Å². The third kappa shape index (κ3) is 3.32. The van der Waals surface area contributed by atoms with E-state index in [0.29, 0.717) is 0 Å². The molecule has 0 unspecified atom stereocenters. The van der Waals surface area contributed by atoms with Crippen LogP contribution in [-0.2, 0) is 15.9 Å². The number of aryl methyl sites for hydroxylation is 1. The first-order valence-corrected chi connectivity index (χ1v) is 6.02. The van der Waals surface area contributed by atoms with Crippen molar-refractivity contribution in [3.63, 3.8) is 0 Å². The van der Waals surface area contributed by atoms with Crippen LogP contribution in [-0.4, -0.2) is 18.3 Å². The first kappa shape index (κ1) is 12.1. The maximum atomic E-state index is 8.63. The molecule has 1 fully saturated rings. The van der Waals surface area contributed by atoms with Gasteiger partial charge in [0, 0.05) is 5.56 Å². The average Bonchev–Trinajstić information content (AvgIpc) is 2.41. The number of aliphatic hydroxyl groups is 1. The Kier molecular flexibility index (Phi) is 4.59. The molecule has 0 bridgehead atoms. The molecule has 0 amide bonds. The zero-order valence-electron chi connectivity index (χ0n) is 9.84.